The molecule has 0 fully saturated rings. The van der Waals surface area contributed by atoms with E-state index in [1.54, 1.807) is 24.3 Å². The van der Waals surface area contributed by atoms with Crippen molar-refractivity contribution in [1.82, 2.24) is 0 Å². The van der Waals surface area contributed by atoms with Gasteiger partial charge in [0.05, 0.1) is 0 Å². The Hall–Kier alpha value is -2.22. The zero-order chi connectivity index (χ0) is 18.7. The van der Waals surface area contributed by atoms with Crippen molar-refractivity contribution in [3.8, 4) is 5.75 Å². The molecule has 25 heavy (non-hydrogen) atoms. The van der Waals surface area contributed by atoms with Crippen LogP contribution in [-0.2, 0) is 10.0 Å². The highest BCUT2D eigenvalue weighted by atomic mass is 32.2. The van der Waals surface area contributed by atoms with Gasteiger partial charge in [-0.2, -0.15) is 0 Å². The van der Waals surface area contributed by atoms with Gasteiger partial charge in [0, 0.05) is 5.69 Å². The lowest BCUT2D eigenvalue weighted by atomic mass is 9.99. The van der Waals surface area contributed by atoms with Crippen LogP contribution in [0.1, 0.15) is 31.7 Å². The highest BCUT2D eigenvalue weighted by Gasteiger charge is 2.34. The molecule has 4 nitrogen and oxygen atoms in total. The Morgan fingerprint density at radius 2 is 1.68 bits per heavy atom. The molecule has 1 N–H and O–H groups in total. The van der Waals surface area contributed by atoms with Crippen molar-refractivity contribution in [1.29, 1.82) is 0 Å². The highest BCUT2D eigenvalue weighted by molar-refractivity contribution is 7.92. The van der Waals surface area contributed by atoms with Gasteiger partial charge in [0.25, 0.3) is 10.0 Å². The number of hydrogen-bond donors (Lipinski definition) is 1. The smallest absolute Gasteiger partial charge is 0.404 e. The summed E-state index contributed by atoms with van der Waals surface area (Å²) in [5.74, 6) is -0.453. The van der Waals surface area contributed by atoms with E-state index in [9.17, 15) is 21.6 Å². The van der Waals surface area contributed by atoms with Crippen molar-refractivity contribution < 1.29 is 26.3 Å². The molecule has 136 valence electrons. The summed E-state index contributed by atoms with van der Waals surface area (Å²) in [6, 6.07) is 11.3. The number of alkyl halides is 3. The lowest BCUT2D eigenvalue weighted by Crippen LogP contribution is -2.20. The normalized spacial score (nSPS) is 13.3. The Balaban J connectivity index is 2.28. The molecule has 0 heterocycles. The molecular formula is C17H18F3NO3S. The molecular weight excluding hydrogens is 355 g/mol. The van der Waals surface area contributed by atoms with E-state index in [1.807, 2.05) is 13.8 Å². The Kier molecular flexibility index (Phi) is 5.62. The van der Waals surface area contributed by atoms with Crippen molar-refractivity contribution >= 4 is 15.7 Å². The van der Waals surface area contributed by atoms with Crippen LogP contribution in [-0.4, -0.2) is 14.8 Å². The van der Waals surface area contributed by atoms with E-state index in [0.717, 1.165) is 24.1 Å². The number of nitrogens with one attached hydrogen (secondary N) is 1. The zero-order valence-corrected chi connectivity index (χ0v) is 14.5. The summed E-state index contributed by atoms with van der Waals surface area (Å²) in [5, 5.41) is 0. The topological polar surface area (TPSA) is 55.4 Å². The molecule has 0 aliphatic carbocycles. The van der Waals surface area contributed by atoms with Crippen LogP contribution in [0.25, 0.3) is 0 Å². The number of ether oxygens (including phenoxy) is 1. The first-order valence-corrected chi connectivity index (χ1v) is 9.08. The molecule has 0 aliphatic heterocycles. The molecule has 0 saturated heterocycles. The van der Waals surface area contributed by atoms with Gasteiger partial charge in [0.2, 0.25) is 0 Å². The van der Waals surface area contributed by atoms with Gasteiger partial charge >= 0.3 is 6.36 Å². The minimum atomic E-state index is -4.98. The maximum atomic E-state index is 12.5. The average Bonchev–Trinajstić information content (AvgIpc) is 2.53. The van der Waals surface area contributed by atoms with Crippen molar-refractivity contribution in [3.05, 3.63) is 54.1 Å². The molecule has 1 atom stereocenters. The molecule has 2 aromatic carbocycles. The number of anilines is 1. The molecule has 0 amide bonds. The van der Waals surface area contributed by atoms with Crippen molar-refractivity contribution in [2.45, 2.75) is 37.4 Å². The molecule has 0 radical (unpaired) electrons. The molecule has 0 saturated carbocycles. The van der Waals surface area contributed by atoms with Crippen LogP contribution < -0.4 is 9.46 Å². The molecule has 8 heteroatoms. The number of halogens is 3. The minimum Gasteiger partial charge on any atom is -0.404 e. The van der Waals surface area contributed by atoms with Crippen LogP contribution in [0.2, 0.25) is 0 Å². The second kappa shape index (κ2) is 7.35. The first-order valence-electron chi connectivity index (χ1n) is 7.60. The molecule has 2 aromatic rings. The summed E-state index contributed by atoms with van der Waals surface area (Å²) < 4.78 is 68.3. The third-order valence-corrected chi connectivity index (χ3v) is 5.13. The average molecular weight is 373 g/mol. The molecule has 0 aromatic heterocycles. The van der Waals surface area contributed by atoms with Crippen molar-refractivity contribution in [2.75, 3.05) is 4.72 Å². The first kappa shape index (κ1) is 19.1. The van der Waals surface area contributed by atoms with Gasteiger partial charge in [-0.3, -0.25) is 4.72 Å². The van der Waals surface area contributed by atoms with E-state index in [1.165, 1.54) is 12.1 Å². The van der Waals surface area contributed by atoms with Crippen LogP contribution in [0.3, 0.4) is 0 Å². The zero-order valence-electron chi connectivity index (χ0n) is 13.7. The fourth-order valence-corrected chi connectivity index (χ4v) is 3.40. The summed E-state index contributed by atoms with van der Waals surface area (Å²) in [7, 11) is -4.23. The highest BCUT2D eigenvalue weighted by Crippen LogP contribution is 2.30. The van der Waals surface area contributed by atoms with Crippen LogP contribution in [0.5, 0.6) is 5.75 Å². The fraction of sp³-hybridized carbons (Fsp3) is 0.294. The fourth-order valence-electron chi connectivity index (χ4n) is 2.21. The summed E-state index contributed by atoms with van der Waals surface area (Å²) in [6.45, 7) is 4.09. The maximum Gasteiger partial charge on any atom is 0.573 e. The van der Waals surface area contributed by atoms with Crippen molar-refractivity contribution in [3.63, 3.8) is 0 Å². The number of hydrogen-bond acceptors (Lipinski definition) is 3. The number of para-hydroxylation sites is 1. The predicted molar refractivity (Wildman–Crippen MR) is 89.1 cm³/mol. The SMILES string of the molecule is CCC(C)c1ccc(NS(=O)(=O)c2ccccc2OC(F)(F)F)cc1. The van der Waals surface area contributed by atoms with E-state index >= 15 is 0 Å². The van der Waals surface area contributed by atoms with Gasteiger partial charge < -0.3 is 4.74 Å². The summed E-state index contributed by atoms with van der Waals surface area (Å²) in [5.41, 5.74) is 1.31. The van der Waals surface area contributed by atoms with Gasteiger partial charge in [-0.05, 0) is 42.2 Å². The van der Waals surface area contributed by atoms with E-state index in [-0.39, 0.29) is 5.69 Å². The predicted octanol–water partition coefficient (Wildman–Crippen LogP) is 4.90. The maximum absolute atomic E-state index is 12.5. The molecule has 0 aliphatic rings. The van der Waals surface area contributed by atoms with E-state index in [2.05, 4.69) is 9.46 Å². The van der Waals surface area contributed by atoms with Crippen molar-refractivity contribution in [2.24, 2.45) is 0 Å². The number of benzene rings is 2. The van der Waals surface area contributed by atoms with Gasteiger partial charge in [-0.15, -0.1) is 13.2 Å². The second-order valence-electron chi connectivity index (χ2n) is 5.53. The Bertz CT molecular complexity index is 818. The van der Waals surface area contributed by atoms with Gasteiger partial charge in [0.15, 0.2) is 0 Å². The summed E-state index contributed by atoms with van der Waals surface area (Å²) in [4.78, 5) is -0.585. The second-order valence-corrected chi connectivity index (χ2v) is 7.18. The van der Waals surface area contributed by atoms with E-state index in [0.29, 0.717) is 5.92 Å². The lowest BCUT2D eigenvalue weighted by Gasteiger charge is -2.15. The standard InChI is InChI=1S/C17H18F3NO3S/c1-3-12(2)13-8-10-14(11-9-13)21-25(22,23)16-7-5-4-6-15(16)24-17(18,19)20/h4-12,21H,3H2,1-2H3. The van der Waals surface area contributed by atoms with Gasteiger partial charge in [-0.1, -0.05) is 38.1 Å². The first-order chi connectivity index (χ1) is 11.6. The van der Waals surface area contributed by atoms with Crippen LogP contribution in [0, 0.1) is 0 Å². The van der Waals surface area contributed by atoms with Crippen LogP contribution in [0.15, 0.2) is 53.4 Å². The van der Waals surface area contributed by atoms with Crippen LogP contribution in [0.4, 0.5) is 18.9 Å². The number of rotatable bonds is 6. The Morgan fingerprint density at radius 1 is 1.08 bits per heavy atom. The number of sulfonamides is 1. The van der Waals surface area contributed by atoms with Gasteiger partial charge in [0.1, 0.15) is 10.6 Å². The summed E-state index contributed by atoms with van der Waals surface area (Å²) in [6.07, 6.45) is -4.04. The lowest BCUT2D eigenvalue weighted by molar-refractivity contribution is -0.275. The Labute approximate surface area is 144 Å². The Morgan fingerprint density at radius 3 is 2.24 bits per heavy atom. The quantitative estimate of drug-likeness (QED) is 0.784. The largest absolute Gasteiger partial charge is 0.573 e. The van der Waals surface area contributed by atoms with E-state index < -0.39 is 27.0 Å². The van der Waals surface area contributed by atoms with E-state index in [4.69, 9.17) is 0 Å². The molecule has 0 spiro atoms. The third-order valence-electron chi connectivity index (χ3n) is 3.71. The van der Waals surface area contributed by atoms with Gasteiger partial charge in [-0.25, -0.2) is 8.42 Å². The molecule has 2 rings (SSSR count). The van der Waals surface area contributed by atoms with Crippen LogP contribution >= 0.6 is 0 Å². The third kappa shape index (κ3) is 5.12. The summed E-state index contributed by atoms with van der Waals surface area (Å²) >= 11 is 0. The monoisotopic (exact) mass is 373 g/mol. The molecule has 1 unspecified atom stereocenters. The minimum absolute atomic E-state index is 0.258. The molecule has 0 bridgehead atoms.